The van der Waals surface area contributed by atoms with Gasteiger partial charge in [0.1, 0.15) is 0 Å². The van der Waals surface area contributed by atoms with Crippen LogP contribution in [0, 0.1) is 33.8 Å². The highest BCUT2D eigenvalue weighted by atomic mass is 16.6. The van der Waals surface area contributed by atoms with Crippen LogP contribution in [0.4, 0.5) is 11.4 Å². The van der Waals surface area contributed by atoms with E-state index in [1.54, 1.807) is 0 Å². The van der Waals surface area contributed by atoms with Crippen LogP contribution in [0.25, 0.3) is 0 Å². The van der Waals surface area contributed by atoms with Gasteiger partial charge < -0.3 is 10.4 Å². The minimum atomic E-state index is -0.906. The lowest BCUT2D eigenvalue weighted by Crippen LogP contribution is -2.37. The minimum absolute atomic E-state index is 0.0543. The predicted molar refractivity (Wildman–Crippen MR) is 77.2 cm³/mol. The Bertz CT molecular complexity index is 627. The molecule has 2 N–H and O–H groups in total. The highest BCUT2D eigenvalue weighted by molar-refractivity contribution is 5.96. The van der Waals surface area contributed by atoms with Crippen LogP contribution >= 0.6 is 0 Å². The number of aliphatic carboxylic acids is 1. The van der Waals surface area contributed by atoms with E-state index in [2.05, 4.69) is 5.32 Å². The van der Waals surface area contributed by atoms with Gasteiger partial charge in [0, 0.05) is 17.8 Å². The third-order valence-electron chi connectivity index (χ3n) is 4.85. The topological polar surface area (TPSA) is 110 Å². The summed E-state index contributed by atoms with van der Waals surface area (Å²) in [5.41, 5.74) is 0.392. The Morgan fingerprint density at radius 2 is 1.73 bits per heavy atom. The molecule has 2 fully saturated rings. The summed E-state index contributed by atoms with van der Waals surface area (Å²) in [6.07, 6.45) is 2.57. The predicted octanol–water partition coefficient (Wildman–Crippen LogP) is 2.28. The van der Waals surface area contributed by atoms with Gasteiger partial charge in [0.25, 0.3) is 5.69 Å². The van der Waals surface area contributed by atoms with E-state index in [4.69, 9.17) is 0 Å². The first-order valence-electron chi connectivity index (χ1n) is 7.25. The fourth-order valence-electron chi connectivity index (χ4n) is 3.92. The van der Waals surface area contributed by atoms with Crippen LogP contribution in [0.2, 0.25) is 0 Å². The van der Waals surface area contributed by atoms with Crippen LogP contribution in [0.1, 0.15) is 19.3 Å². The van der Waals surface area contributed by atoms with Gasteiger partial charge >= 0.3 is 5.97 Å². The van der Waals surface area contributed by atoms with Gasteiger partial charge in [-0.25, -0.2) is 0 Å². The molecule has 0 aliphatic heterocycles. The lowest BCUT2D eigenvalue weighted by atomic mass is 9.78. The fraction of sp³-hybridized carbons (Fsp3) is 0.467. The number of nitrogens with one attached hydrogen (secondary N) is 1. The van der Waals surface area contributed by atoms with Crippen molar-refractivity contribution in [3.63, 3.8) is 0 Å². The van der Waals surface area contributed by atoms with E-state index in [-0.39, 0.29) is 23.4 Å². The number of anilines is 1. The molecule has 0 aromatic heterocycles. The Hall–Kier alpha value is -2.44. The highest BCUT2D eigenvalue weighted by Gasteiger charge is 2.53. The van der Waals surface area contributed by atoms with E-state index in [0.29, 0.717) is 5.69 Å². The second-order valence-corrected chi connectivity index (χ2v) is 6.02. The Morgan fingerprint density at radius 1 is 1.14 bits per heavy atom. The Kier molecular flexibility index (Phi) is 3.56. The molecule has 0 saturated heterocycles. The summed E-state index contributed by atoms with van der Waals surface area (Å²) in [6, 6.07) is 5.54. The molecule has 2 saturated carbocycles. The Labute approximate surface area is 126 Å². The van der Waals surface area contributed by atoms with Gasteiger partial charge in [0.05, 0.1) is 16.8 Å². The summed E-state index contributed by atoms with van der Waals surface area (Å²) in [6.45, 7) is 0. The summed E-state index contributed by atoms with van der Waals surface area (Å²) in [4.78, 5) is 33.9. The summed E-state index contributed by atoms with van der Waals surface area (Å²) in [5.74, 6) is -2.10. The Balaban J connectivity index is 1.73. The quantitative estimate of drug-likeness (QED) is 0.655. The van der Waals surface area contributed by atoms with Crippen LogP contribution in [0.15, 0.2) is 24.3 Å². The van der Waals surface area contributed by atoms with Gasteiger partial charge in [-0.15, -0.1) is 0 Å². The maximum Gasteiger partial charge on any atom is 0.307 e. The molecular weight excluding hydrogens is 288 g/mol. The molecule has 0 heterocycles. The first-order chi connectivity index (χ1) is 10.5. The second-order valence-electron chi connectivity index (χ2n) is 6.02. The molecule has 1 amide bonds. The first-order valence-corrected chi connectivity index (χ1v) is 7.25. The average Bonchev–Trinajstić information content (AvgIpc) is 3.08. The molecule has 4 atom stereocenters. The van der Waals surface area contributed by atoms with E-state index >= 15 is 0 Å². The summed E-state index contributed by atoms with van der Waals surface area (Å²) < 4.78 is 0. The average molecular weight is 304 g/mol. The molecule has 7 nitrogen and oxygen atoms in total. The number of benzene rings is 1. The zero-order chi connectivity index (χ0) is 15.9. The van der Waals surface area contributed by atoms with Crippen LogP contribution in [0.3, 0.4) is 0 Å². The number of amides is 1. The van der Waals surface area contributed by atoms with Crippen molar-refractivity contribution in [3.05, 3.63) is 34.4 Å². The lowest BCUT2D eigenvalue weighted by Gasteiger charge is -2.27. The molecule has 22 heavy (non-hydrogen) atoms. The number of hydrogen-bond acceptors (Lipinski definition) is 4. The van der Waals surface area contributed by atoms with Crippen LogP contribution in [-0.4, -0.2) is 21.9 Å². The smallest absolute Gasteiger partial charge is 0.307 e. The first kappa shape index (κ1) is 14.5. The van der Waals surface area contributed by atoms with Crippen molar-refractivity contribution in [2.24, 2.45) is 23.7 Å². The molecule has 2 aliphatic rings. The number of rotatable bonds is 4. The fourth-order valence-corrected chi connectivity index (χ4v) is 3.92. The third kappa shape index (κ3) is 2.43. The summed E-state index contributed by atoms with van der Waals surface area (Å²) >= 11 is 0. The molecule has 0 radical (unpaired) electrons. The number of fused-ring (bicyclic) bond motifs is 2. The van der Waals surface area contributed by atoms with Crippen molar-refractivity contribution in [1.82, 2.24) is 0 Å². The molecule has 7 heteroatoms. The number of carbonyl (C=O) groups is 2. The molecule has 2 bridgehead atoms. The van der Waals surface area contributed by atoms with Crippen LogP contribution in [-0.2, 0) is 9.59 Å². The normalized spacial score (nSPS) is 29.3. The molecule has 0 spiro atoms. The maximum absolute atomic E-state index is 12.4. The van der Waals surface area contributed by atoms with Gasteiger partial charge in [0.15, 0.2) is 0 Å². The summed E-state index contributed by atoms with van der Waals surface area (Å²) in [5, 5.41) is 22.7. The van der Waals surface area contributed by atoms with E-state index in [1.807, 2.05) is 0 Å². The van der Waals surface area contributed by atoms with Crippen molar-refractivity contribution in [2.45, 2.75) is 19.3 Å². The van der Waals surface area contributed by atoms with Crippen molar-refractivity contribution in [1.29, 1.82) is 0 Å². The molecule has 116 valence electrons. The van der Waals surface area contributed by atoms with E-state index in [9.17, 15) is 24.8 Å². The molecule has 1 aromatic carbocycles. The van der Waals surface area contributed by atoms with E-state index in [0.717, 1.165) is 19.3 Å². The summed E-state index contributed by atoms with van der Waals surface area (Å²) in [7, 11) is 0. The second kappa shape index (κ2) is 5.40. The highest BCUT2D eigenvalue weighted by Crippen LogP contribution is 2.52. The van der Waals surface area contributed by atoms with Gasteiger partial charge in [0.2, 0.25) is 5.91 Å². The number of carbonyl (C=O) groups excluding carboxylic acids is 1. The molecule has 0 unspecified atom stereocenters. The van der Waals surface area contributed by atoms with Gasteiger partial charge in [-0.05, 0) is 43.2 Å². The number of carboxylic acids is 1. The lowest BCUT2D eigenvalue weighted by molar-refractivity contribution is -0.384. The van der Waals surface area contributed by atoms with Crippen LogP contribution in [0.5, 0.6) is 0 Å². The van der Waals surface area contributed by atoms with E-state index in [1.165, 1.54) is 24.3 Å². The van der Waals surface area contributed by atoms with Crippen molar-refractivity contribution in [2.75, 3.05) is 5.32 Å². The van der Waals surface area contributed by atoms with Crippen LogP contribution < -0.4 is 5.32 Å². The van der Waals surface area contributed by atoms with Gasteiger partial charge in [-0.1, -0.05) is 0 Å². The molecule has 3 rings (SSSR count). The molecule has 2 aliphatic carbocycles. The molecular formula is C15H16N2O5. The SMILES string of the molecule is O=C(O)[C@H]1[C@H]2CC[C@H](C2)[C@@H]1C(=O)Nc1ccc([N+](=O)[O-])cc1. The zero-order valence-corrected chi connectivity index (χ0v) is 11.8. The van der Waals surface area contributed by atoms with E-state index < -0.39 is 22.7 Å². The van der Waals surface area contributed by atoms with Crippen molar-refractivity contribution < 1.29 is 19.6 Å². The molecule has 1 aromatic rings. The Morgan fingerprint density at radius 3 is 2.27 bits per heavy atom. The van der Waals surface area contributed by atoms with Gasteiger partial charge in [-0.3, -0.25) is 19.7 Å². The number of non-ortho nitro benzene ring substituents is 1. The monoisotopic (exact) mass is 304 g/mol. The number of nitro benzene ring substituents is 1. The number of hydrogen-bond donors (Lipinski definition) is 2. The van der Waals surface area contributed by atoms with Crippen molar-refractivity contribution >= 4 is 23.3 Å². The van der Waals surface area contributed by atoms with Gasteiger partial charge in [-0.2, -0.15) is 0 Å². The number of carboxylic acid groups (broad SMARTS) is 1. The van der Waals surface area contributed by atoms with Crippen molar-refractivity contribution in [3.8, 4) is 0 Å². The standard InChI is InChI=1S/C15H16N2O5/c18-14(16-10-3-5-11(6-4-10)17(21)22)12-8-1-2-9(7-8)13(12)15(19)20/h3-6,8-9,12-13H,1-2,7H2,(H,16,18)(H,19,20)/t8-,9+,12+,13+/m1/s1. The minimum Gasteiger partial charge on any atom is -0.481 e. The maximum atomic E-state index is 12.4. The third-order valence-corrected chi connectivity index (χ3v) is 4.85. The number of nitrogens with zero attached hydrogens (tertiary/aromatic N) is 1. The zero-order valence-electron chi connectivity index (χ0n) is 11.8. The number of nitro groups is 1. The largest absolute Gasteiger partial charge is 0.481 e.